The predicted molar refractivity (Wildman–Crippen MR) is 117 cm³/mol. The fourth-order valence-electron chi connectivity index (χ4n) is 3.45. The summed E-state index contributed by atoms with van der Waals surface area (Å²) in [5, 5.41) is 3.04. The Kier molecular flexibility index (Phi) is 6.65. The highest BCUT2D eigenvalue weighted by Gasteiger charge is 2.21. The minimum Gasteiger partial charge on any atom is -0.487 e. The molecule has 150 valence electrons. The average Bonchev–Trinajstić information content (AvgIpc) is 2.74. The van der Waals surface area contributed by atoms with E-state index in [-0.39, 0.29) is 11.8 Å². The number of aromatic nitrogens is 1. The summed E-state index contributed by atoms with van der Waals surface area (Å²) in [6, 6.07) is 19.9. The van der Waals surface area contributed by atoms with Crippen molar-refractivity contribution < 1.29 is 9.53 Å². The lowest BCUT2D eigenvalue weighted by Crippen LogP contribution is -2.22. The van der Waals surface area contributed by atoms with Crippen molar-refractivity contribution in [1.82, 2.24) is 4.98 Å². The van der Waals surface area contributed by atoms with Gasteiger partial charge in [-0.2, -0.15) is 0 Å². The Bertz CT molecular complexity index is 969. The van der Waals surface area contributed by atoms with Crippen molar-refractivity contribution in [2.45, 2.75) is 46.6 Å². The Balaban J connectivity index is 1.79. The SMILES string of the molecule is CCC(C(=O)Nc1nc(C)c(OCc2ccccc2)c(C)c1C)c1ccccc1. The lowest BCUT2D eigenvalue weighted by molar-refractivity contribution is -0.117. The Labute approximate surface area is 173 Å². The molecule has 0 radical (unpaired) electrons. The number of rotatable bonds is 7. The van der Waals surface area contributed by atoms with Crippen molar-refractivity contribution in [3.05, 3.63) is 88.6 Å². The molecular weight excluding hydrogens is 360 g/mol. The van der Waals surface area contributed by atoms with Crippen LogP contribution in [0.3, 0.4) is 0 Å². The lowest BCUT2D eigenvalue weighted by Gasteiger charge is -2.19. The Morgan fingerprint density at radius 2 is 1.59 bits per heavy atom. The van der Waals surface area contributed by atoms with Gasteiger partial charge in [0.15, 0.2) is 0 Å². The third-order valence-corrected chi connectivity index (χ3v) is 5.26. The molecule has 0 aliphatic carbocycles. The Morgan fingerprint density at radius 3 is 2.21 bits per heavy atom. The van der Waals surface area contributed by atoms with Crippen LogP contribution in [-0.2, 0) is 11.4 Å². The maximum absolute atomic E-state index is 12.9. The number of carbonyl (C=O) groups excluding carboxylic acids is 1. The predicted octanol–water partition coefficient (Wildman–Crippen LogP) is 5.72. The minimum atomic E-state index is -0.202. The molecule has 1 N–H and O–H groups in total. The van der Waals surface area contributed by atoms with E-state index in [0.29, 0.717) is 12.4 Å². The first kappa shape index (κ1) is 20.6. The lowest BCUT2D eigenvalue weighted by atomic mass is 9.95. The third kappa shape index (κ3) is 4.83. The number of aryl methyl sites for hydroxylation is 1. The third-order valence-electron chi connectivity index (χ3n) is 5.26. The summed E-state index contributed by atoms with van der Waals surface area (Å²) in [5.41, 5.74) is 4.81. The number of nitrogens with one attached hydrogen (secondary N) is 1. The molecule has 1 unspecified atom stereocenters. The molecule has 0 spiro atoms. The van der Waals surface area contributed by atoms with Crippen LogP contribution in [-0.4, -0.2) is 10.9 Å². The first-order valence-corrected chi connectivity index (χ1v) is 10.0. The molecule has 3 rings (SSSR count). The molecule has 0 saturated heterocycles. The molecule has 3 aromatic rings. The van der Waals surface area contributed by atoms with Crippen molar-refractivity contribution in [3.8, 4) is 5.75 Å². The van der Waals surface area contributed by atoms with Crippen LogP contribution in [0.4, 0.5) is 5.82 Å². The highest BCUT2D eigenvalue weighted by molar-refractivity contribution is 5.95. The molecule has 1 atom stereocenters. The average molecular weight is 389 g/mol. The number of anilines is 1. The van der Waals surface area contributed by atoms with Crippen LogP contribution in [0.1, 0.15) is 47.2 Å². The highest BCUT2D eigenvalue weighted by Crippen LogP contribution is 2.30. The number of benzene rings is 2. The highest BCUT2D eigenvalue weighted by atomic mass is 16.5. The minimum absolute atomic E-state index is 0.0361. The quantitative estimate of drug-likeness (QED) is 0.563. The summed E-state index contributed by atoms with van der Waals surface area (Å²) in [6.07, 6.45) is 0.727. The Morgan fingerprint density at radius 1 is 0.966 bits per heavy atom. The maximum Gasteiger partial charge on any atom is 0.233 e. The fourth-order valence-corrected chi connectivity index (χ4v) is 3.45. The molecule has 0 aliphatic heterocycles. The molecule has 2 aromatic carbocycles. The van der Waals surface area contributed by atoms with E-state index in [2.05, 4.69) is 10.3 Å². The van der Waals surface area contributed by atoms with Gasteiger partial charge < -0.3 is 10.1 Å². The molecule has 4 heteroatoms. The van der Waals surface area contributed by atoms with Gasteiger partial charge in [-0.15, -0.1) is 0 Å². The number of amides is 1. The van der Waals surface area contributed by atoms with E-state index in [9.17, 15) is 4.79 Å². The van der Waals surface area contributed by atoms with Crippen LogP contribution in [0.5, 0.6) is 5.75 Å². The molecule has 0 aliphatic rings. The molecule has 0 bridgehead atoms. The summed E-state index contributed by atoms with van der Waals surface area (Å²) >= 11 is 0. The number of hydrogen-bond donors (Lipinski definition) is 1. The Hall–Kier alpha value is -3.14. The topological polar surface area (TPSA) is 51.2 Å². The van der Waals surface area contributed by atoms with Gasteiger partial charge in [0.2, 0.25) is 5.91 Å². The van der Waals surface area contributed by atoms with Crippen LogP contribution in [0.25, 0.3) is 0 Å². The van der Waals surface area contributed by atoms with Crippen LogP contribution < -0.4 is 10.1 Å². The standard InChI is InChI=1S/C25H28N2O2/c1-5-22(21-14-10-7-11-15-21)25(28)27-24-18(3)17(2)23(19(4)26-24)29-16-20-12-8-6-9-13-20/h6-15,22H,5,16H2,1-4H3,(H,26,27,28). The number of hydrogen-bond acceptors (Lipinski definition) is 3. The number of carbonyl (C=O) groups is 1. The first-order chi connectivity index (χ1) is 14.0. The monoisotopic (exact) mass is 388 g/mol. The van der Waals surface area contributed by atoms with Gasteiger partial charge >= 0.3 is 0 Å². The van der Waals surface area contributed by atoms with Crippen molar-refractivity contribution in [2.75, 3.05) is 5.32 Å². The summed E-state index contributed by atoms with van der Waals surface area (Å²) in [7, 11) is 0. The van der Waals surface area contributed by atoms with Crippen LogP contribution in [0.15, 0.2) is 60.7 Å². The summed E-state index contributed by atoms with van der Waals surface area (Å²) < 4.78 is 6.06. The van der Waals surface area contributed by atoms with Crippen LogP contribution in [0, 0.1) is 20.8 Å². The molecule has 1 heterocycles. The maximum atomic E-state index is 12.9. The number of pyridine rings is 1. The van der Waals surface area contributed by atoms with Gasteiger partial charge in [0.05, 0.1) is 11.6 Å². The van der Waals surface area contributed by atoms with E-state index in [1.165, 1.54) is 0 Å². The normalized spacial score (nSPS) is 11.7. The zero-order valence-electron chi connectivity index (χ0n) is 17.5. The largest absolute Gasteiger partial charge is 0.487 e. The van der Waals surface area contributed by atoms with E-state index >= 15 is 0 Å². The van der Waals surface area contributed by atoms with Crippen molar-refractivity contribution in [1.29, 1.82) is 0 Å². The van der Waals surface area contributed by atoms with E-state index in [1.807, 2.05) is 88.4 Å². The van der Waals surface area contributed by atoms with E-state index < -0.39 is 0 Å². The van der Waals surface area contributed by atoms with Crippen molar-refractivity contribution in [3.63, 3.8) is 0 Å². The number of ether oxygens (including phenoxy) is 1. The molecule has 0 fully saturated rings. The van der Waals surface area contributed by atoms with Crippen LogP contribution >= 0.6 is 0 Å². The zero-order valence-corrected chi connectivity index (χ0v) is 17.5. The first-order valence-electron chi connectivity index (χ1n) is 10.0. The van der Waals surface area contributed by atoms with Gasteiger partial charge in [0, 0.05) is 0 Å². The van der Waals surface area contributed by atoms with E-state index in [4.69, 9.17) is 4.74 Å². The van der Waals surface area contributed by atoms with E-state index in [1.54, 1.807) is 0 Å². The second-order valence-electron chi connectivity index (χ2n) is 7.26. The van der Waals surface area contributed by atoms with Gasteiger partial charge in [0.25, 0.3) is 0 Å². The molecule has 1 amide bonds. The summed E-state index contributed by atoms with van der Waals surface area (Å²) in [6.45, 7) is 8.40. The number of nitrogens with zero attached hydrogens (tertiary/aromatic N) is 1. The summed E-state index contributed by atoms with van der Waals surface area (Å²) in [4.78, 5) is 17.6. The van der Waals surface area contributed by atoms with Gasteiger partial charge in [-0.3, -0.25) is 4.79 Å². The van der Waals surface area contributed by atoms with Gasteiger partial charge in [-0.05, 0) is 49.4 Å². The zero-order chi connectivity index (χ0) is 20.8. The smallest absolute Gasteiger partial charge is 0.233 e. The molecule has 4 nitrogen and oxygen atoms in total. The second kappa shape index (κ2) is 9.37. The van der Waals surface area contributed by atoms with Gasteiger partial charge in [-0.25, -0.2) is 4.98 Å². The van der Waals surface area contributed by atoms with Crippen molar-refractivity contribution >= 4 is 11.7 Å². The molecule has 0 saturated carbocycles. The van der Waals surface area contributed by atoms with Gasteiger partial charge in [-0.1, -0.05) is 67.6 Å². The van der Waals surface area contributed by atoms with E-state index in [0.717, 1.165) is 40.1 Å². The van der Waals surface area contributed by atoms with Crippen molar-refractivity contribution in [2.24, 2.45) is 0 Å². The molecule has 1 aromatic heterocycles. The van der Waals surface area contributed by atoms with Crippen LogP contribution in [0.2, 0.25) is 0 Å². The fraction of sp³-hybridized carbons (Fsp3) is 0.280. The molecule has 29 heavy (non-hydrogen) atoms. The molecular formula is C25H28N2O2. The van der Waals surface area contributed by atoms with Gasteiger partial charge in [0.1, 0.15) is 18.2 Å². The summed E-state index contributed by atoms with van der Waals surface area (Å²) in [5.74, 6) is 1.14. The second-order valence-corrected chi connectivity index (χ2v) is 7.26.